The van der Waals surface area contributed by atoms with Gasteiger partial charge in [-0.2, -0.15) is 0 Å². The molecule has 0 aliphatic rings. The Bertz CT molecular complexity index is 447. The van der Waals surface area contributed by atoms with Crippen LogP contribution in [0.3, 0.4) is 0 Å². The molecule has 5 heteroatoms. The first-order valence-corrected chi connectivity index (χ1v) is 5.46. The van der Waals surface area contributed by atoms with Crippen LogP contribution in [0, 0.1) is 11.6 Å². The lowest BCUT2D eigenvalue weighted by molar-refractivity contribution is 0.0922. The van der Waals surface area contributed by atoms with Crippen LogP contribution in [0.4, 0.5) is 8.78 Å². The van der Waals surface area contributed by atoms with Gasteiger partial charge in [0.25, 0.3) is 5.91 Å². The van der Waals surface area contributed by atoms with Gasteiger partial charge in [-0.25, -0.2) is 8.78 Å². The van der Waals surface area contributed by atoms with E-state index in [2.05, 4.69) is 11.9 Å². The van der Waals surface area contributed by atoms with Gasteiger partial charge in [0.1, 0.15) is 11.6 Å². The summed E-state index contributed by atoms with van der Waals surface area (Å²) < 4.78 is 31.2. The lowest BCUT2D eigenvalue weighted by atomic mass is 10.2. The Hall–Kier alpha value is -1.75. The number of benzene rings is 1. The maximum Gasteiger partial charge on any atom is 0.254 e. The predicted molar refractivity (Wildman–Crippen MR) is 64.3 cm³/mol. The zero-order valence-electron chi connectivity index (χ0n) is 10.1. The molecule has 1 aromatic rings. The average Bonchev–Trinajstić information content (AvgIpc) is 2.31. The van der Waals surface area contributed by atoms with Crippen molar-refractivity contribution in [2.75, 3.05) is 19.8 Å². The van der Waals surface area contributed by atoms with E-state index in [1.165, 1.54) is 0 Å². The van der Waals surface area contributed by atoms with Crippen LogP contribution in [0.25, 0.3) is 0 Å². The minimum absolute atomic E-state index is 0.224. The molecule has 1 N–H and O–H groups in total. The number of halogens is 2. The number of amides is 1. The molecule has 0 aliphatic carbocycles. The van der Waals surface area contributed by atoms with E-state index in [0.29, 0.717) is 6.61 Å². The van der Waals surface area contributed by atoms with Gasteiger partial charge in [0.15, 0.2) is 0 Å². The van der Waals surface area contributed by atoms with Gasteiger partial charge < -0.3 is 10.1 Å². The minimum atomic E-state index is -0.753. The van der Waals surface area contributed by atoms with Gasteiger partial charge in [-0.05, 0) is 25.1 Å². The van der Waals surface area contributed by atoms with Crippen molar-refractivity contribution in [3.8, 4) is 0 Å². The zero-order valence-corrected chi connectivity index (χ0v) is 10.1. The standard InChI is InChI=1S/C13H15F2NO2/c1-9(2)8-18-6-5-16-13(17)11-7-10(14)3-4-12(11)15/h3-4,7H,1,5-6,8H2,2H3,(H,16,17). The molecule has 3 nitrogen and oxygen atoms in total. The smallest absolute Gasteiger partial charge is 0.254 e. The summed E-state index contributed by atoms with van der Waals surface area (Å²) in [6, 6.07) is 2.74. The molecule has 1 rings (SSSR count). The molecule has 98 valence electrons. The summed E-state index contributed by atoms with van der Waals surface area (Å²) in [5, 5.41) is 2.44. The Morgan fingerprint density at radius 1 is 1.44 bits per heavy atom. The Morgan fingerprint density at radius 3 is 2.83 bits per heavy atom. The van der Waals surface area contributed by atoms with Crippen molar-refractivity contribution in [2.24, 2.45) is 0 Å². The summed E-state index contributed by atoms with van der Waals surface area (Å²) >= 11 is 0. The number of hydrogen-bond acceptors (Lipinski definition) is 2. The first-order chi connectivity index (χ1) is 8.50. The maximum atomic E-state index is 13.2. The summed E-state index contributed by atoms with van der Waals surface area (Å²) in [5.74, 6) is -2.07. The van der Waals surface area contributed by atoms with Gasteiger partial charge in [0.05, 0.1) is 18.8 Å². The van der Waals surface area contributed by atoms with E-state index in [-0.39, 0.29) is 18.7 Å². The lowest BCUT2D eigenvalue weighted by Gasteiger charge is -2.07. The summed E-state index contributed by atoms with van der Waals surface area (Å²) in [7, 11) is 0. The number of hydrogen-bond donors (Lipinski definition) is 1. The Labute approximate surface area is 104 Å². The SMILES string of the molecule is C=C(C)COCCNC(=O)c1cc(F)ccc1F. The highest BCUT2D eigenvalue weighted by Crippen LogP contribution is 2.09. The number of ether oxygens (including phenoxy) is 1. The highest BCUT2D eigenvalue weighted by atomic mass is 19.1. The monoisotopic (exact) mass is 255 g/mol. The van der Waals surface area contributed by atoms with Crippen LogP contribution in [0.5, 0.6) is 0 Å². The minimum Gasteiger partial charge on any atom is -0.375 e. The van der Waals surface area contributed by atoms with E-state index in [1.807, 2.05) is 6.92 Å². The molecule has 0 fully saturated rings. The molecule has 0 spiro atoms. The van der Waals surface area contributed by atoms with Crippen molar-refractivity contribution < 1.29 is 18.3 Å². The molecule has 0 radical (unpaired) electrons. The van der Waals surface area contributed by atoms with Crippen LogP contribution in [-0.4, -0.2) is 25.7 Å². The van der Waals surface area contributed by atoms with Crippen molar-refractivity contribution in [2.45, 2.75) is 6.92 Å². The van der Waals surface area contributed by atoms with E-state index in [9.17, 15) is 13.6 Å². The third-order valence-electron chi connectivity index (χ3n) is 2.05. The van der Waals surface area contributed by atoms with Crippen LogP contribution in [-0.2, 0) is 4.74 Å². The van der Waals surface area contributed by atoms with Crippen LogP contribution in [0.15, 0.2) is 30.4 Å². The number of carbonyl (C=O) groups excluding carboxylic acids is 1. The molecule has 0 saturated carbocycles. The third kappa shape index (κ3) is 4.63. The second-order valence-electron chi connectivity index (χ2n) is 3.89. The normalized spacial score (nSPS) is 10.2. The van der Waals surface area contributed by atoms with Crippen LogP contribution in [0.2, 0.25) is 0 Å². The fourth-order valence-electron chi connectivity index (χ4n) is 1.25. The fourth-order valence-corrected chi connectivity index (χ4v) is 1.25. The Kier molecular flexibility index (Phi) is 5.45. The van der Waals surface area contributed by atoms with Crippen LogP contribution >= 0.6 is 0 Å². The van der Waals surface area contributed by atoms with Crippen molar-refractivity contribution >= 4 is 5.91 Å². The molecule has 18 heavy (non-hydrogen) atoms. The van der Waals surface area contributed by atoms with E-state index < -0.39 is 17.5 Å². The second kappa shape index (κ2) is 6.86. The zero-order chi connectivity index (χ0) is 13.5. The fraction of sp³-hybridized carbons (Fsp3) is 0.308. The molecule has 0 bridgehead atoms. The Morgan fingerprint density at radius 2 is 2.17 bits per heavy atom. The Balaban J connectivity index is 2.41. The number of rotatable bonds is 6. The van der Waals surface area contributed by atoms with Crippen molar-refractivity contribution in [1.82, 2.24) is 5.32 Å². The van der Waals surface area contributed by atoms with E-state index in [0.717, 1.165) is 23.8 Å². The first-order valence-electron chi connectivity index (χ1n) is 5.46. The molecular weight excluding hydrogens is 240 g/mol. The molecular formula is C13H15F2NO2. The second-order valence-corrected chi connectivity index (χ2v) is 3.89. The quantitative estimate of drug-likeness (QED) is 0.625. The topological polar surface area (TPSA) is 38.3 Å². The summed E-state index contributed by atoms with van der Waals surface area (Å²) in [5.41, 5.74) is 0.562. The van der Waals surface area contributed by atoms with E-state index in [1.54, 1.807) is 0 Å². The van der Waals surface area contributed by atoms with Gasteiger partial charge in [0.2, 0.25) is 0 Å². The van der Waals surface area contributed by atoms with Crippen LogP contribution in [0.1, 0.15) is 17.3 Å². The lowest BCUT2D eigenvalue weighted by Crippen LogP contribution is -2.28. The van der Waals surface area contributed by atoms with Crippen molar-refractivity contribution in [1.29, 1.82) is 0 Å². The van der Waals surface area contributed by atoms with Crippen LogP contribution < -0.4 is 5.32 Å². The largest absolute Gasteiger partial charge is 0.375 e. The molecule has 0 atom stereocenters. The highest BCUT2D eigenvalue weighted by Gasteiger charge is 2.11. The van der Waals surface area contributed by atoms with Crippen molar-refractivity contribution in [3.05, 3.63) is 47.5 Å². The summed E-state index contributed by atoms with van der Waals surface area (Å²) in [6.07, 6.45) is 0. The molecule has 1 aromatic carbocycles. The maximum absolute atomic E-state index is 13.2. The molecule has 0 saturated heterocycles. The molecule has 0 aliphatic heterocycles. The highest BCUT2D eigenvalue weighted by molar-refractivity contribution is 5.94. The van der Waals surface area contributed by atoms with Gasteiger partial charge in [-0.15, -0.1) is 0 Å². The summed E-state index contributed by atoms with van der Waals surface area (Å²) in [6.45, 7) is 6.39. The van der Waals surface area contributed by atoms with Gasteiger partial charge >= 0.3 is 0 Å². The predicted octanol–water partition coefficient (Wildman–Crippen LogP) is 2.29. The number of nitrogens with one attached hydrogen (secondary N) is 1. The molecule has 0 aromatic heterocycles. The van der Waals surface area contributed by atoms with Gasteiger partial charge in [-0.3, -0.25) is 4.79 Å². The van der Waals surface area contributed by atoms with E-state index in [4.69, 9.17) is 4.74 Å². The van der Waals surface area contributed by atoms with Crippen molar-refractivity contribution in [3.63, 3.8) is 0 Å². The molecule has 0 unspecified atom stereocenters. The first kappa shape index (κ1) is 14.3. The number of carbonyl (C=O) groups is 1. The third-order valence-corrected chi connectivity index (χ3v) is 2.05. The van der Waals surface area contributed by atoms with Gasteiger partial charge in [0, 0.05) is 6.54 Å². The molecule has 1 amide bonds. The average molecular weight is 255 g/mol. The molecule has 0 heterocycles. The van der Waals surface area contributed by atoms with Gasteiger partial charge in [-0.1, -0.05) is 12.2 Å². The summed E-state index contributed by atoms with van der Waals surface area (Å²) in [4.78, 5) is 11.5. The van der Waals surface area contributed by atoms with E-state index >= 15 is 0 Å².